The van der Waals surface area contributed by atoms with Crippen molar-refractivity contribution in [3.63, 3.8) is 0 Å². The van der Waals surface area contributed by atoms with Gasteiger partial charge in [0.1, 0.15) is 0 Å². The van der Waals surface area contributed by atoms with Crippen molar-refractivity contribution in [2.24, 2.45) is 17.3 Å². The summed E-state index contributed by atoms with van der Waals surface area (Å²) >= 11 is 2.17. The molecule has 2 atom stereocenters. The average molecular weight is 156 g/mol. The van der Waals surface area contributed by atoms with Crippen LogP contribution in [0.15, 0.2) is 0 Å². The first-order valence-electron chi connectivity index (χ1n) is 4.28. The summed E-state index contributed by atoms with van der Waals surface area (Å²) in [5.41, 5.74) is 0.675. The monoisotopic (exact) mass is 156 g/mol. The van der Waals surface area contributed by atoms with Crippen LogP contribution in [-0.2, 0) is 0 Å². The Kier molecular flexibility index (Phi) is 1.52. The molecule has 0 aromatic rings. The van der Waals surface area contributed by atoms with Gasteiger partial charge in [0.2, 0.25) is 0 Å². The van der Waals surface area contributed by atoms with Crippen LogP contribution >= 0.6 is 11.8 Å². The lowest BCUT2D eigenvalue weighted by atomic mass is 9.81. The fraction of sp³-hybridized carbons (Fsp3) is 1.00. The van der Waals surface area contributed by atoms with Gasteiger partial charge in [-0.25, -0.2) is 0 Å². The van der Waals surface area contributed by atoms with Gasteiger partial charge in [0.05, 0.1) is 0 Å². The highest BCUT2D eigenvalue weighted by Gasteiger charge is 2.44. The Hall–Kier alpha value is 0.350. The summed E-state index contributed by atoms with van der Waals surface area (Å²) in [5, 5.41) is 0. The van der Waals surface area contributed by atoms with Crippen molar-refractivity contribution in [1.82, 2.24) is 0 Å². The molecule has 0 nitrogen and oxygen atoms in total. The molecule has 2 unspecified atom stereocenters. The van der Waals surface area contributed by atoms with Crippen LogP contribution < -0.4 is 0 Å². The Morgan fingerprint density at radius 2 is 2.10 bits per heavy atom. The second-order valence-corrected chi connectivity index (χ2v) is 5.51. The van der Waals surface area contributed by atoms with E-state index in [1.54, 1.807) is 0 Å². The van der Waals surface area contributed by atoms with E-state index in [9.17, 15) is 0 Å². The number of fused-ring (bicyclic) bond motifs is 1. The number of rotatable bonds is 0. The first-order chi connectivity index (χ1) is 4.70. The molecule has 1 heterocycles. The fourth-order valence-corrected chi connectivity index (χ4v) is 4.30. The summed E-state index contributed by atoms with van der Waals surface area (Å²) in [6, 6.07) is 0. The molecule has 10 heavy (non-hydrogen) atoms. The molecule has 58 valence electrons. The second kappa shape index (κ2) is 2.17. The molecule has 1 heteroatoms. The van der Waals surface area contributed by atoms with E-state index in [0.717, 1.165) is 11.8 Å². The van der Waals surface area contributed by atoms with Crippen LogP contribution in [0.2, 0.25) is 0 Å². The van der Waals surface area contributed by atoms with Crippen LogP contribution in [0.5, 0.6) is 0 Å². The molecular formula is C9H16S. The third kappa shape index (κ3) is 0.903. The van der Waals surface area contributed by atoms with Crippen LogP contribution in [0.1, 0.15) is 26.7 Å². The summed E-state index contributed by atoms with van der Waals surface area (Å²) in [6.07, 6.45) is 2.98. The van der Waals surface area contributed by atoms with Crippen LogP contribution in [-0.4, -0.2) is 11.5 Å². The lowest BCUT2D eigenvalue weighted by Gasteiger charge is -2.25. The van der Waals surface area contributed by atoms with Crippen LogP contribution in [0, 0.1) is 17.3 Å². The van der Waals surface area contributed by atoms with Crippen molar-refractivity contribution in [3.8, 4) is 0 Å². The molecule has 1 aliphatic carbocycles. The molecule has 0 amide bonds. The highest BCUT2D eigenvalue weighted by molar-refractivity contribution is 7.99. The van der Waals surface area contributed by atoms with Gasteiger partial charge in [0, 0.05) is 0 Å². The van der Waals surface area contributed by atoms with Gasteiger partial charge < -0.3 is 0 Å². The molecule has 1 saturated carbocycles. The molecule has 0 spiro atoms. The summed E-state index contributed by atoms with van der Waals surface area (Å²) in [7, 11) is 0. The Morgan fingerprint density at radius 1 is 1.30 bits per heavy atom. The molecule has 1 aliphatic heterocycles. The van der Waals surface area contributed by atoms with E-state index in [0.29, 0.717) is 5.41 Å². The molecule has 2 rings (SSSR count). The standard InChI is InChI=1S/C9H16S/c1-9(2)4-3-7-5-10-6-8(7)9/h7-8H,3-6H2,1-2H3. The molecular weight excluding hydrogens is 140 g/mol. The molecule has 0 bridgehead atoms. The quantitative estimate of drug-likeness (QED) is 0.519. The highest BCUT2D eigenvalue weighted by Crippen LogP contribution is 2.52. The predicted molar refractivity (Wildman–Crippen MR) is 47.3 cm³/mol. The molecule has 2 aliphatic rings. The second-order valence-electron chi connectivity index (χ2n) is 4.43. The number of hydrogen-bond donors (Lipinski definition) is 0. The number of hydrogen-bond acceptors (Lipinski definition) is 1. The highest BCUT2D eigenvalue weighted by atomic mass is 32.2. The molecule has 0 N–H and O–H groups in total. The van der Waals surface area contributed by atoms with Crippen LogP contribution in [0.25, 0.3) is 0 Å². The van der Waals surface area contributed by atoms with Gasteiger partial charge in [-0.15, -0.1) is 0 Å². The van der Waals surface area contributed by atoms with Gasteiger partial charge in [-0.05, 0) is 41.6 Å². The van der Waals surface area contributed by atoms with Crippen LogP contribution in [0.4, 0.5) is 0 Å². The molecule has 0 radical (unpaired) electrons. The van der Waals surface area contributed by atoms with Gasteiger partial charge in [0.15, 0.2) is 0 Å². The van der Waals surface area contributed by atoms with Crippen molar-refractivity contribution in [1.29, 1.82) is 0 Å². The van der Waals surface area contributed by atoms with Crippen molar-refractivity contribution in [2.45, 2.75) is 26.7 Å². The van der Waals surface area contributed by atoms with E-state index in [4.69, 9.17) is 0 Å². The van der Waals surface area contributed by atoms with Gasteiger partial charge in [-0.2, -0.15) is 11.8 Å². The predicted octanol–water partition coefficient (Wildman–Crippen LogP) is 2.79. The summed E-state index contributed by atoms with van der Waals surface area (Å²) in [6.45, 7) is 4.90. The summed E-state index contributed by atoms with van der Waals surface area (Å²) in [5.74, 6) is 5.03. The van der Waals surface area contributed by atoms with Crippen molar-refractivity contribution < 1.29 is 0 Å². The molecule has 1 saturated heterocycles. The zero-order chi connectivity index (χ0) is 7.19. The van der Waals surface area contributed by atoms with Gasteiger partial charge >= 0.3 is 0 Å². The first kappa shape index (κ1) is 7.02. The van der Waals surface area contributed by atoms with Gasteiger partial charge in [-0.1, -0.05) is 13.8 Å². The summed E-state index contributed by atoms with van der Waals surface area (Å²) in [4.78, 5) is 0. The SMILES string of the molecule is CC1(C)CCC2CSCC21. The average Bonchev–Trinajstić information content (AvgIpc) is 2.36. The van der Waals surface area contributed by atoms with E-state index in [2.05, 4.69) is 25.6 Å². The molecule has 0 aromatic carbocycles. The maximum Gasteiger partial charge on any atom is -0.00310 e. The Morgan fingerprint density at radius 3 is 2.80 bits per heavy atom. The number of thioether (sulfide) groups is 1. The Balaban J connectivity index is 2.16. The topological polar surface area (TPSA) is 0 Å². The van der Waals surface area contributed by atoms with E-state index in [-0.39, 0.29) is 0 Å². The maximum atomic E-state index is 2.45. The van der Waals surface area contributed by atoms with E-state index < -0.39 is 0 Å². The molecule has 2 fully saturated rings. The minimum atomic E-state index is 0.675. The third-order valence-electron chi connectivity index (χ3n) is 3.36. The van der Waals surface area contributed by atoms with Gasteiger partial charge in [0.25, 0.3) is 0 Å². The zero-order valence-corrected chi connectivity index (χ0v) is 7.71. The normalized spacial score (nSPS) is 43.8. The Labute approximate surface area is 67.8 Å². The lowest BCUT2D eigenvalue weighted by molar-refractivity contribution is 0.263. The minimum absolute atomic E-state index is 0.675. The van der Waals surface area contributed by atoms with E-state index in [1.165, 1.54) is 24.3 Å². The van der Waals surface area contributed by atoms with Crippen LogP contribution in [0.3, 0.4) is 0 Å². The minimum Gasteiger partial charge on any atom is -0.161 e. The Bertz CT molecular complexity index is 140. The van der Waals surface area contributed by atoms with E-state index in [1.807, 2.05) is 0 Å². The molecule has 0 aromatic heterocycles. The lowest BCUT2D eigenvalue weighted by Crippen LogP contribution is -2.20. The fourth-order valence-electron chi connectivity index (χ4n) is 2.49. The smallest absolute Gasteiger partial charge is 0.00310 e. The summed E-state index contributed by atoms with van der Waals surface area (Å²) < 4.78 is 0. The van der Waals surface area contributed by atoms with Crippen molar-refractivity contribution >= 4 is 11.8 Å². The maximum absolute atomic E-state index is 2.45. The van der Waals surface area contributed by atoms with Crippen molar-refractivity contribution in [3.05, 3.63) is 0 Å². The third-order valence-corrected chi connectivity index (χ3v) is 4.62. The largest absolute Gasteiger partial charge is 0.161 e. The van der Waals surface area contributed by atoms with E-state index >= 15 is 0 Å². The first-order valence-corrected chi connectivity index (χ1v) is 5.43. The zero-order valence-electron chi connectivity index (χ0n) is 6.89. The van der Waals surface area contributed by atoms with Crippen molar-refractivity contribution in [2.75, 3.05) is 11.5 Å². The van der Waals surface area contributed by atoms with Gasteiger partial charge in [-0.3, -0.25) is 0 Å².